The number of hydrogen-bond donors (Lipinski definition) is 2. The molecule has 1 rings (SSSR count). The molecular weight excluding hydrogens is 244 g/mol. The Bertz CT molecular complexity index is 369. The number of rotatable bonds is 6. The minimum atomic E-state index is 0.0300. The van der Waals surface area contributed by atoms with E-state index in [9.17, 15) is 0 Å². The van der Waals surface area contributed by atoms with Crippen molar-refractivity contribution >= 4 is 11.3 Å². The Morgan fingerprint density at radius 1 is 1.44 bits per heavy atom. The second-order valence-corrected chi connectivity index (χ2v) is 6.57. The zero-order chi connectivity index (χ0) is 13.9. The van der Waals surface area contributed by atoms with Gasteiger partial charge in [-0.05, 0) is 41.3 Å². The molecule has 0 fully saturated rings. The van der Waals surface area contributed by atoms with Gasteiger partial charge in [0.25, 0.3) is 0 Å². The summed E-state index contributed by atoms with van der Waals surface area (Å²) in [6.07, 6.45) is 1.91. The quantitative estimate of drug-likeness (QED) is 0.612. The first-order valence-electron chi connectivity index (χ1n) is 6.41. The summed E-state index contributed by atoms with van der Waals surface area (Å²) in [5.74, 6) is 5.77. The minimum absolute atomic E-state index is 0.0300. The van der Waals surface area contributed by atoms with Gasteiger partial charge in [0.2, 0.25) is 0 Å². The largest absolute Gasteiger partial charge is 0.302 e. The number of likely N-dealkylation sites (N-methyl/N-ethyl adjacent to an activating group) is 1. The predicted molar refractivity (Wildman–Crippen MR) is 78.8 cm³/mol. The third kappa shape index (κ3) is 3.09. The molecule has 2 unspecified atom stereocenters. The van der Waals surface area contributed by atoms with Crippen LogP contribution in [0.25, 0.3) is 0 Å². The molecule has 0 radical (unpaired) electrons. The van der Waals surface area contributed by atoms with Crippen LogP contribution in [0, 0.1) is 13.8 Å². The van der Waals surface area contributed by atoms with Crippen LogP contribution in [0.4, 0.5) is 0 Å². The molecule has 0 amide bonds. The number of nitrogens with two attached hydrogens (primary N) is 1. The lowest BCUT2D eigenvalue weighted by Gasteiger charge is -2.42. The summed E-state index contributed by atoms with van der Waals surface area (Å²) in [6, 6.07) is 0.197. The minimum Gasteiger partial charge on any atom is -0.302 e. The van der Waals surface area contributed by atoms with E-state index in [2.05, 4.69) is 57.1 Å². The average Bonchev–Trinajstić information content (AvgIpc) is 2.64. The molecule has 18 heavy (non-hydrogen) atoms. The summed E-state index contributed by atoms with van der Waals surface area (Å²) in [6.45, 7) is 8.62. The van der Waals surface area contributed by atoms with Gasteiger partial charge in [0.05, 0.1) is 10.7 Å². The second kappa shape index (κ2) is 6.10. The summed E-state index contributed by atoms with van der Waals surface area (Å²) in [5.41, 5.74) is 4.14. The Morgan fingerprint density at radius 2 is 2.06 bits per heavy atom. The topological polar surface area (TPSA) is 54.2 Å². The van der Waals surface area contributed by atoms with Gasteiger partial charge in [-0.15, -0.1) is 11.3 Å². The highest BCUT2D eigenvalue weighted by Crippen LogP contribution is 2.25. The number of hydrogen-bond acceptors (Lipinski definition) is 5. The summed E-state index contributed by atoms with van der Waals surface area (Å²) in [5, 5.41) is 1.16. The van der Waals surface area contributed by atoms with E-state index in [-0.39, 0.29) is 11.6 Å². The highest BCUT2D eigenvalue weighted by molar-refractivity contribution is 7.11. The summed E-state index contributed by atoms with van der Waals surface area (Å²) < 4.78 is 0. The zero-order valence-corrected chi connectivity index (χ0v) is 13.2. The molecule has 3 N–H and O–H groups in total. The third-order valence-corrected chi connectivity index (χ3v) is 5.24. The normalized spacial score (nSPS) is 16.9. The van der Waals surface area contributed by atoms with Crippen LogP contribution in [0.15, 0.2) is 0 Å². The van der Waals surface area contributed by atoms with Gasteiger partial charge in [-0.1, -0.05) is 6.92 Å². The van der Waals surface area contributed by atoms with Gasteiger partial charge in [0.15, 0.2) is 0 Å². The Labute approximate surface area is 115 Å². The van der Waals surface area contributed by atoms with Crippen LogP contribution in [0.1, 0.15) is 35.8 Å². The van der Waals surface area contributed by atoms with Crippen molar-refractivity contribution < 1.29 is 0 Å². The molecule has 0 aliphatic heterocycles. The maximum atomic E-state index is 5.77. The molecule has 0 saturated carbocycles. The molecular formula is C13H26N4S. The van der Waals surface area contributed by atoms with Crippen molar-refractivity contribution in [3.8, 4) is 0 Å². The van der Waals surface area contributed by atoms with Crippen molar-refractivity contribution in [1.82, 2.24) is 15.3 Å². The Morgan fingerprint density at radius 3 is 2.39 bits per heavy atom. The SMILES string of the molecule is CCC(C)(C(Cc1nc(C)c(C)s1)NN)N(C)C. The van der Waals surface area contributed by atoms with E-state index in [1.165, 1.54) is 4.88 Å². The van der Waals surface area contributed by atoms with Crippen LogP contribution >= 0.6 is 11.3 Å². The molecule has 1 heterocycles. The lowest BCUT2D eigenvalue weighted by molar-refractivity contribution is 0.112. The van der Waals surface area contributed by atoms with Crippen LogP contribution in [0.3, 0.4) is 0 Å². The van der Waals surface area contributed by atoms with Gasteiger partial charge in [0.1, 0.15) is 0 Å². The fourth-order valence-corrected chi connectivity index (χ4v) is 3.11. The number of aromatic nitrogens is 1. The Balaban J connectivity index is 2.90. The zero-order valence-electron chi connectivity index (χ0n) is 12.4. The molecule has 5 heteroatoms. The first-order chi connectivity index (χ1) is 8.35. The molecule has 0 saturated heterocycles. The monoisotopic (exact) mass is 270 g/mol. The molecule has 0 bridgehead atoms. The van der Waals surface area contributed by atoms with Crippen molar-refractivity contribution in [2.45, 2.75) is 52.1 Å². The maximum Gasteiger partial charge on any atom is 0.0947 e. The van der Waals surface area contributed by atoms with E-state index in [1.54, 1.807) is 11.3 Å². The lowest BCUT2D eigenvalue weighted by atomic mass is 9.86. The summed E-state index contributed by atoms with van der Waals surface area (Å²) >= 11 is 1.77. The third-order valence-electron chi connectivity index (χ3n) is 4.14. The van der Waals surface area contributed by atoms with E-state index < -0.39 is 0 Å². The van der Waals surface area contributed by atoms with Crippen molar-refractivity contribution in [1.29, 1.82) is 0 Å². The molecule has 0 aromatic carbocycles. The molecule has 104 valence electrons. The fourth-order valence-electron chi connectivity index (χ4n) is 2.13. The highest BCUT2D eigenvalue weighted by Gasteiger charge is 2.34. The van der Waals surface area contributed by atoms with Gasteiger partial charge in [0, 0.05) is 22.9 Å². The van der Waals surface area contributed by atoms with Crippen LogP contribution < -0.4 is 11.3 Å². The highest BCUT2D eigenvalue weighted by atomic mass is 32.1. The second-order valence-electron chi connectivity index (χ2n) is 5.28. The number of hydrazine groups is 1. The van der Waals surface area contributed by atoms with Crippen molar-refractivity contribution in [3.05, 3.63) is 15.6 Å². The molecule has 1 aromatic heterocycles. The van der Waals surface area contributed by atoms with Gasteiger partial charge < -0.3 is 4.90 Å². The van der Waals surface area contributed by atoms with Crippen LogP contribution in [-0.4, -0.2) is 35.6 Å². The van der Waals surface area contributed by atoms with Gasteiger partial charge in [-0.3, -0.25) is 11.3 Å². The molecule has 0 aliphatic rings. The number of aryl methyl sites for hydroxylation is 2. The van der Waals surface area contributed by atoms with Crippen molar-refractivity contribution in [3.63, 3.8) is 0 Å². The Kier molecular flexibility index (Phi) is 5.28. The summed E-state index contributed by atoms with van der Waals surface area (Å²) in [7, 11) is 4.21. The molecule has 2 atom stereocenters. The standard InChI is InChI=1S/C13H26N4S/c1-7-13(4,17(5)6)11(16-14)8-12-15-9(2)10(3)18-12/h11,16H,7-8,14H2,1-6H3. The van der Waals surface area contributed by atoms with Crippen LogP contribution in [-0.2, 0) is 6.42 Å². The molecule has 0 spiro atoms. The number of nitrogens with zero attached hydrogens (tertiary/aromatic N) is 2. The predicted octanol–water partition coefficient (Wildman–Crippen LogP) is 1.86. The molecule has 0 aliphatic carbocycles. The van der Waals surface area contributed by atoms with Gasteiger partial charge in [-0.2, -0.15) is 0 Å². The average molecular weight is 270 g/mol. The van der Waals surface area contributed by atoms with E-state index >= 15 is 0 Å². The fraction of sp³-hybridized carbons (Fsp3) is 0.769. The van der Waals surface area contributed by atoms with Gasteiger partial charge >= 0.3 is 0 Å². The maximum absolute atomic E-state index is 5.77. The van der Waals surface area contributed by atoms with Crippen molar-refractivity contribution in [2.75, 3.05) is 14.1 Å². The van der Waals surface area contributed by atoms with Gasteiger partial charge in [-0.25, -0.2) is 4.98 Å². The number of thiazole rings is 1. The number of nitrogens with one attached hydrogen (secondary N) is 1. The lowest BCUT2D eigenvalue weighted by Crippen LogP contribution is -2.59. The van der Waals surface area contributed by atoms with Crippen LogP contribution in [0.2, 0.25) is 0 Å². The summed E-state index contributed by atoms with van der Waals surface area (Å²) in [4.78, 5) is 8.15. The van der Waals surface area contributed by atoms with E-state index in [1.807, 2.05) is 0 Å². The van der Waals surface area contributed by atoms with Crippen molar-refractivity contribution in [2.24, 2.45) is 5.84 Å². The molecule has 4 nitrogen and oxygen atoms in total. The molecule has 1 aromatic rings. The first-order valence-corrected chi connectivity index (χ1v) is 7.23. The first kappa shape index (κ1) is 15.6. The smallest absolute Gasteiger partial charge is 0.0947 e. The van der Waals surface area contributed by atoms with E-state index in [0.717, 1.165) is 23.5 Å². The van der Waals surface area contributed by atoms with E-state index in [4.69, 9.17) is 5.84 Å². The Hall–Kier alpha value is -0.490. The van der Waals surface area contributed by atoms with Crippen LogP contribution in [0.5, 0.6) is 0 Å². The van der Waals surface area contributed by atoms with E-state index in [0.29, 0.717) is 0 Å².